The Morgan fingerprint density at radius 3 is 2.25 bits per heavy atom. The molecule has 2 aromatic carbocycles. The van der Waals surface area contributed by atoms with Crippen LogP contribution in [0.3, 0.4) is 0 Å². The average molecular weight is 327 g/mol. The van der Waals surface area contributed by atoms with E-state index in [4.69, 9.17) is 4.74 Å². The van der Waals surface area contributed by atoms with E-state index in [-0.39, 0.29) is 18.0 Å². The van der Waals surface area contributed by atoms with E-state index in [9.17, 15) is 9.59 Å². The number of methoxy groups -OCH3 is 1. The third-order valence-corrected chi connectivity index (χ3v) is 3.18. The Kier molecular flexibility index (Phi) is 5.78. The third kappa shape index (κ3) is 4.74. The molecule has 0 aromatic heterocycles. The Morgan fingerprint density at radius 2 is 1.62 bits per heavy atom. The number of carbonyl (C=O) groups excluding carboxylic acids is 2. The lowest BCUT2D eigenvalue weighted by Crippen LogP contribution is -2.34. The minimum absolute atomic E-state index is 0.0172. The van der Waals surface area contributed by atoms with Crippen molar-refractivity contribution in [3.63, 3.8) is 0 Å². The summed E-state index contributed by atoms with van der Waals surface area (Å²) in [4.78, 5) is 24.3. The lowest BCUT2D eigenvalue weighted by atomic mass is 10.2. The highest BCUT2D eigenvalue weighted by Gasteiger charge is 2.11. The summed E-state index contributed by atoms with van der Waals surface area (Å²) in [5.74, 6) is 0.317. The number of para-hydroxylation sites is 2. The Balaban J connectivity index is 2.14. The van der Waals surface area contributed by atoms with E-state index in [2.05, 4.69) is 16.0 Å². The SMILES string of the molecule is COc1cccc(C(=O)Nc2ccccc2NC(=O)NC(C)C)c1. The van der Waals surface area contributed by atoms with Crippen LogP contribution in [0.25, 0.3) is 0 Å². The van der Waals surface area contributed by atoms with Crippen molar-refractivity contribution < 1.29 is 14.3 Å². The van der Waals surface area contributed by atoms with Crippen molar-refractivity contribution in [1.29, 1.82) is 0 Å². The third-order valence-electron chi connectivity index (χ3n) is 3.18. The lowest BCUT2D eigenvalue weighted by molar-refractivity contribution is 0.102. The standard InChI is InChI=1S/C18H21N3O3/c1-12(2)19-18(23)21-16-10-5-4-9-15(16)20-17(22)13-7-6-8-14(11-13)24-3/h4-12H,1-3H3,(H,20,22)(H2,19,21,23). The van der Waals surface area contributed by atoms with Gasteiger partial charge in [0, 0.05) is 11.6 Å². The number of carbonyl (C=O) groups is 2. The zero-order valence-electron chi connectivity index (χ0n) is 13.9. The van der Waals surface area contributed by atoms with Crippen LogP contribution >= 0.6 is 0 Å². The maximum atomic E-state index is 12.4. The minimum atomic E-state index is -0.326. The highest BCUT2D eigenvalue weighted by molar-refractivity contribution is 6.07. The Bertz CT molecular complexity index is 729. The van der Waals surface area contributed by atoms with Crippen molar-refractivity contribution in [1.82, 2.24) is 5.32 Å². The van der Waals surface area contributed by atoms with E-state index in [1.165, 1.54) is 0 Å². The van der Waals surface area contributed by atoms with Gasteiger partial charge in [-0.1, -0.05) is 18.2 Å². The van der Waals surface area contributed by atoms with E-state index in [0.717, 1.165) is 0 Å². The average Bonchev–Trinajstić information content (AvgIpc) is 2.56. The fraction of sp³-hybridized carbons (Fsp3) is 0.222. The minimum Gasteiger partial charge on any atom is -0.497 e. The van der Waals surface area contributed by atoms with Crippen LogP contribution in [0.4, 0.5) is 16.2 Å². The molecule has 24 heavy (non-hydrogen) atoms. The van der Waals surface area contributed by atoms with Gasteiger partial charge in [-0.05, 0) is 44.2 Å². The van der Waals surface area contributed by atoms with Crippen LogP contribution in [0.5, 0.6) is 5.75 Å². The molecule has 0 spiro atoms. The quantitative estimate of drug-likeness (QED) is 0.786. The molecule has 0 bridgehead atoms. The first-order chi connectivity index (χ1) is 11.5. The summed E-state index contributed by atoms with van der Waals surface area (Å²) in [6, 6.07) is 13.6. The molecule has 0 saturated heterocycles. The molecule has 0 radical (unpaired) electrons. The smallest absolute Gasteiger partial charge is 0.319 e. The van der Waals surface area contributed by atoms with Gasteiger partial charge < -0.3 is 20.7 Å². The molecule has 6 nitrogen and oxygen atoms in total. The molecule has 0 aliphatic rings. The number of urea groups is 1. The van der Waals surface area contributed by atoms with Gasteiger partial charge in [0.25, 0.3) is 5.91 Å². The molecule has 0 aliphatic carbocycles. The number of rotatable bonds is 5. The van der Waals surface area contributed by atoms with Crippen molar-refractivity contribution in [3.05, 3.63) is 54.1 Å². The van der Waals surface area contributed by atoms with E-state index >= 15 is 0 Å². The summed E-state index contributed by atoms with van der Waals surface area (Å²) in [5.41, 5.74) is 1.51. The summed E-state index contributed by atoms with van der Waals surface area (Å²) < 4.78 is 5.12. The maximum absolute atomic E-state index is 12.4. The van der Waals surface area contributed by atoms with Crippen molar-refractivity contribution >= 4 is 23.3 Å². The van der Waals surface area contributed by atoms with Crippen LogP contribution in [0.15, 0.2) is 48.5 Å². The van der Waals surface area contributed by atoms with Gasteiger partial charge in [-0.15, -0.1) is 0 Å². The van der Waals surface area contributed by atoms with Gasteiger partial charge in [-0.25, -0.2) is 4.79 Å². The normalized spacial score (nSPS) is 10.2. The van der Waals surface area contributed by atoms with Crippen molar-refractivity contribution in [3.8, 4) is 5.75 Å². The lowest BCUT2D eigenvalue weighted by Gasteiger charge is -2.14. The molecule has 3 amide bonds. The number of ether oxygens (including phenoxy) is 1. The summed E-state index contributed by atoms with van der Waals surface area (Å²) in [5, 5.41) is 8.27. The first-order valence-electron chi connectivity index (χ1n) is 7.61. The summed E-state index contributed by atoms with van der Waals surface area (Å²) in [6.45, 7) is 3.74. The van der Waals surface area contributed by atoms with Crippen LogP contribution in [0.2, 0.25) is 0 Å². The molecular weight excluding hydrogens is 306 g/mol. The number of amides is 3. The first-order valence-corrected chi connectivity index (χ1v) is 7.61. The second kappa shape index (κ2) is 8.01. The van der Waals surface area contributed by atoms with Gasteiger partial charge in [0.2, 0.25) is 0 Å². The number of hydrogen-bond donors (Lipinski definition) is 3. The van der Waals surface area contributed by atoms with Gasteiger partial charge >= 0.3 is 6.03 Å². The monoisotopic (exact) mass is 327 g/mol. The predicted molar refractivity (Wildman–Crippen MR) is 94.7 cm³/mol. The van der Waals surface area contributed by atoms with Gasteiger partial charge in [0.1, 0.15) is 5.75 Å². The van der Waals surface area contributed by atoms with Crippen molar-refractivity contribution in [2.75, 3.05) is 17.7 Å². The molecule has 126 valence electrons. The Labute approximate surface area is 141 Å². The molecule has 6 heteroatoms. The van der Waals surface area contributed by atoms with Gasteiger partial charge in [0.05, 0.1) is 18.5 Å². The molecule has 0 unspecified atom stereocenters. The van der Waals surface area contributed by atoms with Crippen molar-refractivity contribution in [2.24, 2.45) is 0 Å². The van der Waals surface area contributed by atoms with E-state index in [0.29, 0.717) is 22.7 Å². The topological polar surface area (TPSA) is 79.5 Å². The van der Waals surface area contributed by atoms with Gasteiger partial charge in [0.15, 0.2) is 0 Å². The second-order valence-electron chi connectivity index (χ2n) is 5.48. The second-order valence-corrected chi connectivity index (χ2v) is 5.48. The fourth-order valence-electron chi connectivity index (χ4n) is 2.08. The number of benzene rings is 2. The van der Waals surface area contributed by atoms with E-state index in [1.54, 1.807) is 55.6 Å². The fourth-order valence-corrected chi connectivity index (χ4v) is 2.08. The van der Waals surface area contributed by atoms with E-state index in [1.807, 2.05) is 13.8 Å². The highest BCUT2D eigenvalue weighted by Crippen LogP contribution is 2.22. The van der Waals surface area contributed by atoms with Crippen LogP contribution in [-0.2, 0) is 0 Å². The number of anilines is 2. The molecule has 0 aliphatic heterocycles. The zero-order valence-corrected chi connectivity index (χ0v) is 13.9. The van der Waals surface area contributed by atoms with Gasteiger partial charge in [-0.2, -0.15) is 0 Å². The summed E-state index contributed by atoms with van der Waals surface area (Å²) in [7, 11) is 1.55. The number of nitrogens with one attached hydrogen (secondary N) is 3. The van der Waals surface area contributed by atoms with E-state index < -0.39 is 0 Å². The van der Waals surface area contributed by atoms with Crippen molar-refractivity contribution in [2.45, 2.75) is 19.9 Å². The Hall–Kier alpha value is -3.02. The van der Waals surface area contributed by atoms with Gasteiger partial charge in [-0.3, -0.25) is 4.79 Å². The maximum Gasteiger partial charge on any atom is 0.319 e. The zero-order chi connectivity index (χ0) is 17.5. The summed E-state index contributed by atoms with van der Waals surface area (Å²) in [6.07, 6.45) is 0. The van der Waals surface area contributed by atoms with Crippen LogP contribution in [0, 0.1) is 0 Å². The number of hydrogen-bond acceptors (Lipinski definition) is 3. The molecule has 0 heterocycles. The molecule has 0 atom stereocenters. The molecule has 0 fully saturated rings. The molecule has 2 aromatic rings. The van der Waals surface area contributed by atoms with Crippen LogP contribution < -0.4 is 20.7 Å². The summed E-state index contributed by atoms with van der Waals surface area (Å²) >= 11 is 0. The highest BCUT2D eigenvalue weighted by atomic mass is 16.5. The molecule has 2 rings (SSSR count). The first kappa shape index (κ1) is 17.3. The predicted octanol–water partition coefficient (Wildman–Crippen LogP) is 3.48. The molecule has 3 N–H and O–H groups in total. The molecular formula is C18H21N3O3. The molecule has 0 saturated carbocycles. The Morgan fingerprint density at radius 1 is 0.958 bits per heavy atom. The van der Waals surface area contributed by atoms with Crippen LogP contribution in [0.1, 0.15) is 24.2 Å². The van der Waals surface area contributed by atoms with Crippen LogP contribution in [-0.4, -0.2) is 25.1 Å². The largest absolute Gasteiger partial charge is 0.497 e.